The Morgan fingerprint density at radius 2 is 2.00 bits per heavy atom. The van der Waals surface area contributed by atoms with E-state index >= 15 is 0 Å². The Kier molecular flexibility index (Phi) is 5.23. The number of aliphatic hydroxyl groups excluding tert-OH is 2. The molecule has 1 aromatic rings. The summed E-state index contributed by atoms with van der Waals surface area (Å²) in [7, 11) is 0. The average molecular weight is 362 g/mol. The molecule has 2 unspecified atom stereocenters. The van der Waals surface area contributed by atoms with Crippen LogP contribution in [-0.4, -0.2) is 58.1 Å². The highest BCUT2D eigenvalue weighted by Gasteiger charge is 2.26. The normalized spacial score (nSPS) is 23.1. The lowest BCUT2D eigenvalue weighted by molar-refractivity contribution is 0.0552. The molecule has 5 heteroatoms. The van der Waals surface area contributed by atoms with Crippen molar-refractivity contribution in [2.45, 2.75) is 10.2 Å². The summed E-state index contributed by atoms with van der Waals surface area (Å²) in [6.45, 7) is 3.21. The Bertz CT molecular complexity index is 363. The van der Waals surface area contributed by atoms with Crippen molar-refractivity contribution in [2.75, 3.05) is 37.7 Å². The molecule has 1 heterocycles. The number of nitrogens with zero attached hydrogens (tertiary/aromatic N) is 2. The second-order valence-corrected chi connectivity index (χ2v) is 5.99. The fourth-order valence-corrected chi connectivity index (χ4v) is 3.17. The monoisotopic (exact) mass is 362 g/mol. The highest BCUT2D eigenvalue weighted by atomic mass is 127. The van der Waals surface area contributed by atoms with Gasteiger partial charge in [-0.1, -0.05) is 40.8 Å². The van der Waals surface area contributed by atoms with Crippen LogP contribution in [0.1, 0.15) is 0 Å². The van der Waals surface area contributed by atoms with Gasteiger partial charge in [0.05, 0.1) is 16.8 Å². The van der Waals surface area contributed by atoms with Crippen molar-refractivity contribution in [3.63, 3.8) is 0 Å². The standard InChI is InChI=1S/C13H19IN2O2/c14-13-9-15(11-4-2-1-3-5-11)6-7-16(13)8-12(18)10-17/h1-5,12-13,17-18H,6-10H2. The summed E-state index contributed by atoms with van der Waals surface area (Å²) < 4.78 is 0.359. The molecule has 0 spiro atoms. The maximum absolute atomic E-state index is 9.50. The molecular weight excluding hydrogens is 343 g/mol. The molecule has 0 aliphatic carbocycles. The van der Waals surface area contributed by atoms with Gasteiger partial charge >= 0.3 is 0 Å². The third kappa shape index (κ3) is 3.57. The molecular formula is C13H19IN2O2. The van der Waals surface area contributed by atoms with Gasteiger partial charge in [-0.3, -0.25) is 4.90 Å². The Hall–Kier alpha value is -0.370. The number of halogens is 1. The van der Waals surface area contributed by atoms with E-state index in [0.29, 0.717) is 10.6 Å². The van der Waals surface area contributed by atoms with Gasteiger partial charge in [0.2, 0.25) is 0 Å². The number of hydrogen-bond acceptors (Lipinski definition) is 4. The summed E-state index contributed by atoms with van der Waals surface area (Å²) in [5.41, 5.74) is 1.25. The van der Waals surface area contributed by atoms with Gasteiger partial charge in [0, 0.05) is 31.9 Å². The minimum Gasteiger partial charge on any atom is -0.394 e. The number of piperazine rings is 1. The van der Waals surface area contributed by atoms with E-state index in [0.717, 1.165) is 19.6 Å². The minimum absolute atomic E-state index is 0.164. The summed E-state index contributed by atoms with van der Waals surface area (Å²) >= 11 is 2.40. The fourth-order valence-electron chi connectivity index (χ4n) is 2.19. The van der Waals surface area contributed by atoms with Crippen molar-refractivity contribution in [1.82, 2.24) is 4.90 Å². The molecule has 0 radical (unpaired) electrons. The van der Waals surface area contributed by atoms with Gasteiger partial charge in [-0.25, -0.2) is 0 Å². The topological polar surface area (TPSA) is 46.9 Å². The van der Waals surface area contributed by atoms with Gasteiger partial charge in [-0.05, 0) is 12.1 Å². The van der Waals surface area contributed by atoms with Crippen molar-refractivity contribution < 1.29 is 10.2 Å². The fraction of sp³-hybridized carbons (Fsp3) is 0.538. The first kappa shape index (κ1) is 14.0. The van der Waals surface area contributed by atoms with Crippen molar-refractivity contribution in [1.29, 1.82) is 0 Å². The minimum atomic E-state index is -0.634. The van der Waals surface area contributed by atoms with E-state index in [1.807, 2.05) is 6.07 Å². The molecule has 1 fully saturated rings. The molecule has 1 aromatic carbocycles. The smallest absolute Gasteiger partial charge is 0.0897 e. The van der Waals surface area contributed by atoms with Crippen LogP contribution in [0, 0.1) is 0 Å². The number of benzene rings is 1. The molecule has 0 saturated carbocycles. The lowest BCUT2D eigenvalue weighted by Crippen LogP contribution is -2.52. The van der Waals surface area contributed by atoms with Crippen LogP contribution in [0.15, 0.2) is 30.3 Å². The van der Waals surface area contributed by atoms with Crippen molar-refractivity contribution >= 4 is 28.3 Å². The first-order valence-corrected chi connectivity index (χ1v) is 7.42. The van der Waals surface area contributed by atoms with Crippen LogP contribution < -0.4 is 4.90 Å². The lowest BCUT2D eigenvalue weighted by Gasteiger charge is -2.40. The molecule has 0 aromatic heterocycles. The maximum atomic E-state index is 9.50. The summed E-state index contributed by atoms with van der Waals surface area (Å²) in [5, 5.41) is 18.4. The molecule has 2 atom stereocenters. The number of alkyl halides is 1. The molecule has 4 nitrogen and oxygen atoms in total. The molecule has 1 aliphatic heterocycles. The maximum Gasteiger partial charge on any atom is 0.0897 e. The quantitative estimate of drug-likeness (QED) is 0.475. The largest absolute Gasteiger partial charge is 0.394 e. The van der Waals surface area contributed by atoms with Gasteiger partial charge in [0.15, 0.2) is 0 Å². The first-order valence-electron chi connectivity index (χ1n) is 6.17. The van der Waals surface area contributed by atoms with E-state index in [1.54, 1.807) is 0 Å². The van der Waals surface area contributed by atoms with Crippen molar-refractivity contribution in [3.05, 3.63) is 30.3 Å². The van der Waals surface area contributed by atoms with Gasteiger partial charge < -0.3 is 15.1 Å². The molecule has 2 N–H and O–H groups in total. The number of anilines is 1. The molecule has 1 saturated heterocycles. The lowest BCUT2D eigenvalue weighted by atomic mass is 10.2. The van der Waals surface area contributed by atoms with Gasteiger partial charge in [0.1, 0.15) is 0 Å². The van der Waals surface area contributed by atoms with Crippen LogP contribution in [0.5, 0.6) is 0 Å². The molecule has 0 amide bonds. The van der Waals surface area contributed by atoms with Crippen LogP contribution in [0.4, 0.5) is 5.69 Å². The number of para-hydroxylation sites is 1. The van der Waals surface area contributed by atoms with E-state index < -0.39 is 6.10 Å². The van der Waals surface area contributed by atoms with Crippen molar-refractivity contribution in [3.8, 4) is 0 Å². The number of aliphatic hydroxyl groups is 2. The highest BCUT2D eigenvalue weighted by Crippen LogP contribution is 2.21. The molecule has 0 bridgehead atoms. The summed E-state index contributed by atoms with van der Waals surface area (Å²) in [5.74, 6) is 0. The Balaban J connectivity index is 1.92. The third-order valence-corrected chi connectivity index (χ3v) is 4.38. The summed E-state index contributed by atoms with van der Waals surface area (Å²) in [4.78, 5) is 4.58. The summed E-state index contributed by atoms with van der Waals surface area (Å²) in [6.07, 6.45) is -0.634. The Morgan fingerprint density at radius 1 is 1.28 bits per heavy atom. The molecule has 2 rings (SSSR count). The number of β-amino-alcohol motifs (C(OH)–C–C–N with tert-alkyl or cyclic N) is 1. The second kappa shape index (κ2) is 6.70. The van der Waals surface area contributed by atoms with E-state index in [1.165, 1.54) is 5.69 Å². The zero-order chi connectivity index (χ0) is 13.0. The molecule has 18 heavy (non-hydrogen) atoms. The van der Waals surface area contributed by atoms with E-state index in [4.69, 9.17) is 5.11 Å². The van der Waals surface area contributed by atoms with Crippen LogP contribution in [0.25, 0.3) is 0 Å². The average Bonchev–Trinajstić information content (AvgIpc) is 2.42. The van der Waals surface area contributed by atoms with Gasteiger partial charge in [0.25, 0.3) is 0 Å². The van der Waals surface area contributed by atoms with Crippen molar-refractivity contribution in [2.24, 2.45) is 0 Å². The van der Waals surface area contributed by atoms with Gasteiger partial charge in [-0.15, -0.1) is 0 Å². The van der Waals surface area contributed by atoms with E-state index in [-0.39, 0.29) is 6.61 Å². The predicted molar refractivity (Wildman–Crippen MR) is 81.1 cm³/mol. The Labute approximate surface area is 121 Å². The Morgan fingerprint density at radius 3 is 2.61 bits per heavy atom. The highest BCUT2D eigenvalue weighted by molar-refractivity contribution is 14.1. The number of rotatable bonds is 4. The molecule has 1 aliphatic rings. The predicted octanol–water partition coefficient (Wildman–Crippen LogP) is 0.923. The molecule has 100 valence electrons. The zero-order valence-corrected chi connectivity index (χ0v) is 12.4. The van der Waals surface area contributed by atoms with E-state index in [9.17, 15) is 5.11 Å². The SMILES string of the molecule is OCC(O)CN1CCN(c2ccccc2)CC1I. The first-order chi connectivity index (χ1) is 8.70. The van der Waals surface area contributed by atoms with Crippen LogP contribution in [0.2, 0.25) is 0 Å². The van der Waals surface area contributed by atoms with E-state index in [2.05, 4.69) is 56.7 Å². The number of hydrogen-bond donors (Lipinski definition) is 2. The van der Waals surface area contributed by atoms with Crippen LogP contribution in [-0.2, 0) is 0 Å². The second-order valence-electron chi connectivity index (χ2n) is 4.55. The third-order valence-electron chi connectivity index (χ3n) is 3.20. The van der Waals surface area contributed by atoms with Crippen LogP contribution >= 0.6 is 22.6 Å². The van der Waals surface area contributed by atoms with Crippen LogP contribution in [0.3, 0.4) is 0 Å². The zero-order valence-electron chi connectivity index (χ0n) is 10.2. The summed E-state index contributed by atoms with van der Waals surface area (Å²) in [6, 6.07) is 10.4. The van der Waals surface area contributed by atoms with Gasteiger partial charge in [-0.2, -0.15) is 0 Å².